The molecule has 6 nitrogen and oxygen atoms in total. The molecule has 0 unspecified atom stereocenters. The van der Waals surface area contributed by atoms with Crippen LogP contribution in [-0.4, -0.2) is 17.3 Å². The number of nitrogens with one attached hydrogen (secondary N) is 1. The van der Waals surface area contributed by atoms with Crippen LogP contribution in [0.2, 0.25) is 0 Å². The predicted octanol–water partition coefficient (Wildman–Crippen LogP) is 1.91. The number of carbonyl (C=O) groups excluding carboxylic acids is 2. The zero-order valence-corrected chi connectivity index (χ0v) is 11.9. The molecule has 0 radical (unpaired) electrons. The number of benzene rings is 2. The van der Waals surface area contributed by atoms with E-state index >= 15 is 0 Å². The second-order valence-electron chi connectivity index (χ2n) is 4.99. The van der Waals surface area contributed by atoms with Crippen LogP contribution in [0, 0.1) is 5.82 Å². The Balaban J connectivity index is 2.19. The second kappa shape index (κ2) is 5.54. The molecule has 0 saturated carbocycles. The minimum atomic E-state index is -0.696. The van der Waals surface area contributed by atoms with Crippen molar-refractivity contribution < 1.29 is 14.0 Å². The lowest BCUT2D eigenvalue weighted by Crippen LogP contribution is -2.31. The molecule has 1 aromatic heterocycles. The van der Waals surface area contributed by atoms with Gasteiger partial charge in [-0.15, -0.1) is 0 Å². The number of aromatic amines is 1. The molecule has 3 rings (SSSR count). The van der Waals surface area contributed by atoms with Crippen molar-refractivity contribution in [1.82, 2.24) is 4.98 Å². The Morgan fingerprint density at radius 2 is 1.78 bits per heavy atom. The van der Waals surface area contributed by atoms with Crippen molar-refractivity contribution in [3.8, 4) is 11.1 Å². The normalized spacial score (nSPS) is 10.7. The van der Waals surface area contributed by atoms with E-state index in [1.54, 1.807) is 30.3 Å². The van der Waals surface area contributed by atoms with Gasteiger partial charge in [0, 0.05) is 10.9 Å². The summed E-state index contributed by atoms with van der Waals surface area (Å²) in [5, 5.41) is 1.31. The zero-order chi connectivity index (χ0) is 16.6. The lowest BCUT2D eigenvalue weighted by molar-refractivity contribution is -0.107. The van der Waals surface area contributed by atoms with Crippen LogP contribution in [0.4, 0.5) is 10.2 Å². The molecule has 1 heterocycles. The van der Waals surface area contributed by atoms with Crippen LogP contribution in [0.25, 0.3) is 22.0 Å². The van der Waals surface area contributed by atoms with E-state index in [2.05, 4.69) is 4.98 Å². The van der Waals surface area contributed by atoms with E-state index in [0.29, 0.717) is 17.3 Å². The summed E-state index contributed by atoms with van der Waals surface area (Å²) >= 11 is 0. The third-order valence-corrected chi connectivity index (χ3v) is 3.57. The van der Waals surface area contributed by atoms with Crippen LogP contribution >= 0.6 is 0 Å². The first-order valence-electron chi connectivity index (χ1n) is 6.72. The topological polar surface area (TPSA) is 105 Å². The minimum Gasteiger partial charge on any atom is -0.365 e. The van der Waals surface area contributed by atoms with Crippen LogP contribution in [-0.2, 0) is 4.79 Å². The van der Waals surface area contributed by atoms with Crippen LogP contribution in [0.1, 0.15) is 10.4 Å². The molecule has 7 heteroatoms. The van der Waals surface area contributed by atoms with Gasteiger partial charge in [-0.3, -0.25) is 9.59 Å². The fraction of sp³-hybridized carbons (Fsp3) is 0. The Labute approximate surface area is 130 Å². The highest BCUT2D eigenvalue weighted by molar-refractivity contribution is 6.12. The minimum absolute atomic E-state index is 0.124. The van der Waals surface area contributed by atoms with Gasteiger partial charge in [-0.1, -0.05) is 24.3 Å². The van der Waals surface area contributed by atoms with E-state index in [1.807, 2.05) is 0 Å². The van der Waals surface area contributed by atoms with Crippen molar-refractivity contribution >= 4 is 29.0 Å². The summed E-state index contributed by atoms with van der Waals surface area (Å²) in [6.45, 7) is 0. The maximum Gasteiger partial charge on any atom is 0.253 e. The van der Waals surface area contributed by atoms with Crippen molar-refractivity contribution in [2.45, 2.75) is 0 Å². The molecule has 0 aliphatic carbocycles. The number of hydrogen-bond donors (Lipinski definition) is 3. The number of amides is 2. The van der Waals surface area contributed by atoms with E-state index in [4.69, 9.17) is 11.6 Å². The monoisotopic (exact) mass is 312 g/mol. The molecule has 0 spiro atoms. The number of H-pyrrole nitrogens is 1. The molecule has 5 N–H and O–H groups in total. The first-order chi connectivity index (χ1) is 11.0. The van der Waals surface area contributed by atoms with Crippen LogP contribution in [0.5, 0.6) is 0 Å². The van der Waals surface area contributed by atoms with Gasteiger partial charge in [0.2, 0.25) is 6.41 Å². The molecule has 0 saturated heterocycles. The number of nitrogens with zero attached hydrogens (tertiary/aromatic N) is 1. The summed E-state index contributed by atoms with van der Waals surface area (Å²) in [4.78, 5) is 25.5. The van der Waals surface area contributed by atoms with E-state index in [9.17, 15) is 14.0 Å². The van der Waals surface area contributed by atoms with E-state index in [0.717, 1.165) is 16.1 Å². The molecule has 0 atom stereocenters. The van der Waals surface area contributed by atoms with Gasteiger partial charge in [0.05, 0.1) is 5.56 Å². The summed E-state index contributed by atoms with van der Waals surface area (Å²) in [7, 11) is 0. The number of fused-ring (bicyclic) bond motifs is 1. The quantitative estimate of drug-likeness (QED) is 0.296. The number of halogens is 1. The Morgan fingerprint density at radius 3 is 2.39 bits per heavy atom. The molecule has 2 amide bonds. The highest BCUT2D eigenvalue weighted by Gasteiger charge is 2.19. The SMILES string of the molecule is NC(=O)c1c(N(N)C=O)[nH]c2cc(-c3ccc(F)cc3)ccc12. The van der Waals surface area contributed by atoms with Gasteiger partial charge in [0.1, 0.15) is 11.6 Å². The molecule has 116 valence electrons. The van der Waals surface area contributed by atoms with Gasteiger partial charge in [0.15, 0.2) is 0 Å². The maximum absolute atomic E-state index is 13.0. The number of rotatable bonds is 4. The van der Waals surface area contributed by atoms with Crippen molar-refractivity contribution in [3.05, 3.63) is 53.8 Å². The molecular formula is C16H13FN4O2. The third-order valence-electron chi connectivity index (χ3n) is 3.57. The summed E-state index contributed by atoms with van der Waals surface area (Å²) in [6, 6.07) is 11.3. The van der Waals surface area contributed by atoms with Crippen molar-refractivity contribution in [2.75, 3.05) is 5.01 Å². The average Bonchev–Trinajstić information content (AvgIpc) is 2.93. The number of anilines is 1. The van der Waals surface area contributed by atoms with Crippen LogP contribution in [0.3, 0.4) is 0 Å². The van der Waals surface area contributed by atoms with E-state index in [1.165, 1.54) is 12.1 Å². The Hall–Kier alpha value is -3.19. The highest BCUT2D eigenvalue weighted by Crippen LogP contribution is 2.31. The van der Waals surface area contributed by atoms with Crippen molar-refractivity contribution in [1.29, 1.82) is 0 Å². The number of aromatic nitrogens is 1. The summed E-state index contributed by atoms with van der Waals surface area (Å²) in [6.07, 6.45) is 0.373. The summed E-state index contributed by atoms with van der Waals surface area (Å²) < 4.78 is 13.0. The first kappa shape index (κ1) is 14.7. The van der Waals surface area contributed by atoms with Gasteiger partial charge in [0.25, 0.3) is 5.91 Å². The molecule has 2 aromatic carbocycles. The van der Waals surface area contributed by atoms with Gasteiger partial charge in [-0.05, 0) is 29.3 Å². The van der Waals surface area contributed by atoms with E-state index < -0.39 is 5.91 Å². The van der Waals surface area contributed by atoms with Crippen LogP contribution < -0.4 is 16.6 Å². The number of primary amides is 1. The van der Waals surface area contributed by atoms with Crippen LogP contribution in [0.15, 0.2) is 42.5 Å². The van der Waals surface area contributed by atoms with Gasteiger partial charge < -0.3 is 10.7 Å². The molecule has 23 heavy (non-hydrogen) atoms. The standard InChI is InChI=1S/C16H13FN4O2/c17-11-4-1-9(2-5-11)10-3-6-12-13(7-10)20-16(21(19)8-22)14(12)15(18)23/h1-8,20H,19H2,(H2,18,23). The average molecular weight is 312 g/mol. The van der Waals surface area contributed by atoms with Crippen molar-refractivity contribution in [2.24, 2.45) is 11.6 Å². The lowest BCUT2D eigenvalue weighted by Gasteiger charge is -2.08. The smallest absolute Gasteiger partial charge is 0.253 e. The number of nitrogens with two attached hydrogens (primary N) is 2. The lowest BCUT2D eigenvalue weighted by atomic mass is 10.0. The van der Waals surface area contributed by atoms with Crippen molar-refractivity contribution in [3.63, 3.8) is 0 Å². The third kappa shape index (κ3) is 2.53. The maximum atomic E-state index is 13.0. The van der Waals surface area contributed by atoms with E-state index in [-0.39, 0.29) is 17.2 Å². The Morgan fingerprint density at radius 1 is 1.13 bits per heavy atom. The highest BCUT2D eigenvalue weighted by atomic mass is 19.1. The van der Waals surface area contributed by atoms with Gasteiger partial charge in [-0.2, -0.15) is 0 Å². The predicted molar refractivity (Wildman–Crippen MR) is 84.9 cm³/mol. The summed E-state index contributed by atoms with van der Waals surface area (Å²) in [5.74, 6) is 4.65. The number of carbonyl (C=O) groups is 2. The molecule has 0 aliphatic heterocycles. The summed E-state index contributed by atoms with van der Waals surface area (Å²) in [5.41, 5.74) is 7.74. The Bertz CT molecular complexity index is 902. The molecule has 0 bridgehead atoms. The molecule has 0 aliphatic rings. The molecular weight excluding hydrogens is 299 g/mol. The molecule has 3 aromatic rings. The fourth-order valence-electron chi connectivity index (χ4n) is 2.50. The first-order valence-corrected chi connectivity index (χ1v) is 6.72. The van der Waals surface area contributed by atoms with Gasteiger partial charge >= 0.3 is 0 Å². The number of hydrazine groups is 1. The molecule has 0 fully saturated rings. The second-order valence-corrected chi connectivity index (χ2v) is 4.99. The van der Waals surface area contributed by atoms with Gasteiger partial charge in [-0.25, -0.2) is 15.2 Å². The Kier molecular flexibility index (Phi) is 3.55. The fourth-order valence-corrected chi connectivity index (χ4v) is 2.50. The largest absolute Gasteiger partial charge is 0.365 e. The number of hydrogen-bond acceptors (Lipinski definition) is 3. The zero-order valence-electron chi connectivity index (χ0n) is 11.9.